The van der Waals surface area contributed by atoms with E-state index in [9.17, 15) is 0 Å². The molecule has 0 radical (unpaired) electrons. The van der Waals surface area contributed by atoms with E-state index in [0.29, 0.717) is 13.2 Å². The van der Waals surface area contributed by atoms with Gasteiger partial charge in [-0.25, -0.2) is 0 Å². The van der Waals surface area contributed by atoms with Gasteiger partial charge in [-0.15, -0.1) is 0 Å². The molecule has 2 N–H and O–H groups in total. The van der Waals surface area contributed by atoms with Gasteiger partial charge >= 0.3 is 0 Å². The second-order valence-electron chi connectivity index (χ2n) is 3.16. The average Bonchev–Trinajstić information content (AvgIpc) is 1.87. The first-order valence-electron chi connectivity index (χ1n) is 4.00. The molecule has 0 aliphatic carbocycles. The SMILES string of the molecule is CCCC(N)C1(C#N)COC1. The zero-order valence-corrected chi connectivity index (χ0v) is 6.84. The Bertz CT molecular complexity index is 169. The molecule has 0 aromatic rings. The summed E-state index contributed by atoms with van der Waals surface area (Å²) in [6.07, 6.45) is 1.95. The van der Waals surface area contributed by atoms with E-state index in [0.717, 1.165) is 12.8 Å². The van der Waals surface area contributed by atoms with Gasteiger partial charge in [-0.05, 0) is 6.42 Å². The van der Waals surface area contributed by atoms with E-state index in [1.165, 1.54) is 0 Å². The fourth-order valence-corrected chi connectivity index (χ4v) is 1.27. The van der Waals surface area contributed by atoms with Crippen LogP contribution in [0.25, 0.3) is 0 Å². The van der Waals surface area contributed by atoms with Gasteiger partial charge in [0.05, 0.1) is 19.3 Å². The van der Waals surface area contributed by atoms with Crippen molar-refractivity contribution >= 4 is 0 Å². The third-order valence-corrected chi connectivity index (χ3v) is 2.25. The quantitative estimate of drug-likeness (QED) is 0.649. The van der Waals surface area contributed by atoms with E-state index in [1.807, 2.05) is 0 Å². The summed E-state index contributed by atoms with van der Waals surface area (Å²) in [4.78, 5) is 0. The lowest BCUT2D eigenvalue weighted by Gasteiger charge is -2.39. The normalized spacial score (nSPS) is 23.4. The van der Waals surface area contributed by atoms with Crippen molar-refractivity contribution in [2.24, 2.45) is 11.1 Å². The first kappa shape index (κ1) is 8.51. The summed E-state index contributed by atoms with van der Waals surface area (Å²) < 4.78 is 4.99. The minimum Gasteiger partial charge on any atom is -0.378 e. The van der Waals surface area contributed by atoms with Crippen molar-refractivity contribution in [1.82, 2.24) is 0 Å². The number of hydrogen-bond acceptors (Lipinski definition) is 3. The van der Waals surface area contributed by atoms with Crippen molar-refractivity contribution in [3.05, 3.63) is 0 Å². The van der Waals surface area contributed by atoms with Gasteiger partial charge in [0.1, 0.15) is 5.41 Å². The predicted molar refractivity (Wildman–Crippen MR) is 41.7 cm³/mol. The molecule has 3 heteroatoms. The molecule has 0 aromatic heterocycles. The van der Waals surface area contributed by atoms with E-state index in [-0.39, 0.29) is 11.5 Å². The second kappa shape index (κ2) is 3.21. The van der Waals surface area contributed by atoms with Crippen LogP contribution in [0.5, 0.6) is 0 Å². The third-order valence-electron chi connectivity index (χ3n) is 2.25. The molecule has 1 fully saturated rings. The van der Waals surface area contributed by atoms with Gasteiger partial charge in [-0.1, -0.05) is 13.3 Å². The first-order chi connectivity index (χ1) is 5.25. The molecule has 62 valence electrons. The molecule has 11 heavy (non-hydrogen) atoms. The summed E-state index contributed by atoms with van der Waals surface area (Å²) >= 11 is 0. The Morgan fingerprint density at radius 1 is 1.73 bits per heavy atom. The standard InChI is InChI=1S/C8H14N2O/c1-2-3-7(10)8(4-9)5-11-6-8/h7H,2-3,5-6,10H2,1H3. The van der Waals surface area contributed by atoms with Crippen molar-refractivity contribution in [2.75, 3.05) is 13.2 Å². The lowest BCUT2D eigenvalue weighted by molar-refractivity contribution is -0.0912. The minimum atomic E-state index is -0.365. The largest absolute Gasteiger partial charge is 0.378 e. The summed E-state index contributed by atoms with van der Waals surface area (Å²) in [5, 5.41) is 8.82. The highest BCUT2D eigenvalue weighted by Gasteiger charge is 2.43. The summed E-state index contributed by atoms with van der Waals surface area (Å²) in [6.45, 7) is 3.11. The predicted octanol–water partition coefficient (Wildman–Crippen LogP) is 0.654. The maximum Gasteiger partial charge on any atom is 0.119 e. The first-order valence-corrected chi connectivity index (χ1v) is 4.00. The van der Waals surface area contributed by atoms with E-state index in [4.69, 9.17) is 15.7 Å². The van der Waals surface area contributed by atoms with Crippen molar-refractivity contribution < 1.29 is 4.74 Å². The van der Waals surface area contributed by atoms with E-state index < -0.39 is 0 Å². The van der Waals surface area contributed by atoms with Crippen molar-refractivity contribution in [3.63, 3.8) is 0 Å². The van der Waals surface area contributed by atoms with Gasteiger partial charge < -0.3 is 10.5 Å². The molecular formula is C8H14N2O. The molecule has 0 amide bonds. The van der Waals surface area contributed by atoms with E-state index in [1.54, 1.807) is 0 Å². The zero-order valence-electron chi connectivity index (χ0n) is 6.84. The molecule has 1 heterocycles. The van der Waals surface area contributed by atoms with Crippen LogP contribution >= 0.6 is 0 Å². The number of nitrogens with two attached hydrogens (primary N) is 1. The minimum absolute atomic E-state index is 0.00810. The molecule has 0 aromatic carbocycles. The van der Waals surface area contributed by atoms with Gasteiger partial charge in [0.2, 0.25) is 0 Å². The maximum atomic E-state index is 8.82. The molecule has 1 atom stereocenters. The van der Waals surface area contributed by atoms with Crippen LogP contribution < -0.4 is 5.73 Å². The molecule has 1 unspecified atom stereocenters. The highest BCUT2D eigenvalue weighted by Crippen LogP contribution is 2.31. The fraction of sp³-hybridized carbons (Fsp3) is 0.875. The van der Waals surface area contributed by atoms with E-state index >= 15 is 0 Å². The summed E-state index contributed by atoms with van der Waals surface area (Å²) in [5.41, 5.74) is 5.47. The Balaban J connectivity index is 2.49. The summed E-state index contributed by atoms with van der Waals surface area (Å²) in [6, 6.07) is 2.24. The summed E-state index contributed by atoms with van der Waals surface area (Å²) in [7, 11) is 0. The van der Waals surface area contributed by atoms with Gasteiger partial charge in [0, 0.05) is 6.04 Å². The molecular weight excluding hydrogens is 140 g/mol. The lowest BCUT2D eigenvalue weighted by atomic mass is 9.78. The van der Waals surface area contributed by atoms with Crippen LogP contribution in [0.2, 0.25) is 0 Å². The third kappa shape index (κ3) is 1.37. The van der Waals surface area contributed by atoms with Crippen molar-refractivity contribution in [1.29, 1.82) is 5.26 Å². The fourth-order valence-electron chi connectivity index (χ4n) is 1.27. The molecule has 3 nitrogen and oxygen atoms in total. The van der Waals surface area contributed by atoms with Gasteiger partial charge in [0.25, 0.3) is 0 Å². The Morgan fingerprint density at radius 2 is 2.36 bits per heavy atom. The highest BCUT2D eigenvalue weighted by molar-refractivity contribution is 5.09. The van der Waals surface area contributed by atoms with Gasteiger partial charge in [0.15, 0.2) is 0 Å². The zero-order chi connectivity index (χ0) is 8.32. The van der Waals surface area contributed by atoms with Gasteiger partial charge in [-0.2, -0.15) is 5.26 Å². The van der Waals surface area contributed by atoms with Crippen LogP contribution in [-0.4, -0.2) is 19.3 Å². The number of nitriles is 1. The Hall–Kier alpha value is -0.590. The summed E-state index contributed by atoms with van der Waals surface area (Å²) in [5.74, 6) is 0. The number of rotatable bonds is 3. The van der Waals surface area contributed by atoms with Crippen LogP contribution in [0.3, 0.4) is 0 Å². The van der Waals surface area contributed by atoms with Crippen LogP contribution in [0.1, 0.15) is 19.8 Å². The smallest absolute Gasteiger partial charge is 0.119 e. The Labute approximate surface area is 67.1 Å². The lowest BCUT2D eigenvalue weighted by Crippen LogP contribution is -2.54. The molecule has 1 aliphatic heterocycles. The molecule has 1 aliphatic rings. The number of hydrogen-bond donors (Lipinski definition) is 1. The topological polar surface area (TPSA) is 59.0 Å². The molecule has 1 rings (SSSR count). The average molecular weight is 154 g/mol. The molecule has 0 spiro atoms. The number of ether oxygens (including phenoxy) is 1. The monoisotopic (exact) mass is 154 g/mol. The van der Waals surface area contributed by atoms with Crippen LogP contribution in [0, 0.1) is 16.7 Å². The molecule has 1 saturated heterocycles. The Kier molecular flexibility index (Phi) is 2.48. The van der Waals surface area contributed by atoms with Crippen molar-refractivity contribution in [3.8, 4) is 6.07 Å². The van der Waals surface area contributed by atoms with E-state index in [2.05, 4.69) is 13.0 Å². The molecule has 0 bridgehead atoms. The second-order valence-corrected chi connectivity index (χ2v) is 3.16. The van der Waals surface area contributed by atoms with Crippen LogP contribution in [-0.2, 0) is 4.74 Å². The van der Waals surface area contributed by atoms with Crippen LogP contribution in [0.4, 0.5) is 0 Å². The van der Waals surface area contributed by atoms with Crippen LogP contribution in [0.15, 0.2) is 0 Å². The molecule has 0 saturated carbocycles. The van der Waals surface area contributed by atoms with Crippen molar-refractivity contribution in [2.45, 2.75) is 25.8 Å². The Morgan fingerprint density at radius 3 is 2.64 bits per heavy atom. The highest BCUT2D eigenvalue weighted by atomic mass is 16.5. The maximum absolute atomic E-state index is 8.82. The number of nitrogens with zero attached hydrogens (tertiary/aromatic N) is 1. The van der Waals surface area contributed by atoms with Gasteiger partial charge in [-0.3, -0.25) is 0 Å².